The fraction of sp³-hybridized carbons (Fsp3) is 0.0667. The average Bonchev–Trinajstić information content (AvgIpc) is 2.90. The lowest BCUT2D eigenvalue weighted by Gasteiger charge is -2.06. The van der Waals surface area contributed by atoms with Crippen LogP contribution in [0.4, 0.5) is 5.69 Å². The van der Waals surface area contributed by atoms with E-state index in [0.29, 0.717) is 28.3 Å². The fourth-order valence-corrected chi connectivity index (χ4v) is 2.09. The smallest absolute Gasteiger partial charge is 0.229 e. The topological polar surface area (TPSA) is 95.1 Å². The third-order valence-corrected chi connectivity index (χ3v) is 3.12. The summed E-state index contributed by atoms with van der Waals surface area (Å²) in [6.45, 7) is -0.0821. The molecule has 0 aliphatic heterocycles. The van der Waals surface area contributed by atoms with E-state index in [0.717, 1.165) is 5.52 Å². The highest BCUT2D eigenvalue weighted by atomic mass is 16.3. The molecule has 5 heteroatoms. The van der Waals surface area contributed by atoms with Crippen molar-refractivity contribution in [2.24, 2.45) is 5.73 Å². The van der Waals surface area contributed by atoms with Crippen LogP contribution in [0.1, 0.15) is 10.4 Å². The van der Waals surface area contributed by atoms with Crippen molar-refractivity contribution in [3.05, 3.63) is 48.0 Å². The number of aromatic nitrogens is 1. The number of benzene rings is 2. The van der Waals surface area contributed by atoms with Gasteiger partial charge >= 0.3 is 0 Å². The van der Waals surface area contributed by atoms with Crippen molar-refractivity contribution >= 4 is 22.6 Å². The number of fused-ring (bicyclic) bond motifs is 1. The van der Waals surface area contributed by atoms with Crippen molar-refractivity contribution in [3.8, 4) is 11.5 Å². The summed E-state index contributed by atoms with van der Waals surface area (Å²) in [5.74, 6) is 0.191. The van der Waals surface area contributed by atoms with Gasteiger partial charge in [0.05, 0.1) is 17.8 Å². The second-order valence-electron chi connectivity index (χ2n) is 4.38. The third-order valence-electron chi connectivity index (χ3n) is 3.12. The number of nitrogens with zero attached hydrogens (tertiary/aromatic N) is 1. The third kappa shape index (κ3) is 1.94. The number of Topliss-reactive ketones (excluding diaryl/α,β-unsaturated/α-hetero) is 1. The van der Waals surface area contributed by atoms with Crippen LogP contribution in [0, 0.1) is 0 Å². The zero-order valence-corrected chi connectivity index (χ0v) is 10.7. The molecule has 0 fully saturated rings. The molecule has 0 aliphatic carbocycles. The van der Waals surface area contributed by atoms with Crippen LogP contribution in [0.25, 0.3) is 22.6 Å². The summed E-state index contributed by atoms with van der Waals surface area (Å²) in [6, 6.07) is 12.6. The summed E-state index contributed by atoms with van der Waals surface area (Å²) in [5, 5.41) is 0. The van der Waals surface area contributed by atoms with E-state index in [4.69, 9.17) is 15.9 Å². The molecular formula is C15H13N3O2. The Morgan fingerprint density at radius 2 is 1.95 bits per heavy atom. The van der Waals surface area contributed by atoms with E-state index in [-0.39, 0.29) is 12.3 Å². The molecule has 0 unspecified atom stereocenters. The molecule has 0 saturated heterocycles. The lowest BCUT2D eigenvalue weighted by molar-refractivity contribution is 0.100. The summed E-state index contributed by atoms with van der Waals surface area (Å²) in [6.07, 6.45) is 0. The molecule has 4 N–H and O–H groups in total. The molecule has 0 radical (unpaired) electrons. The minimum atomic E-state index is -0.208. The van der Waals surface area contributed by atoms with Gasteiger partial charge < -0.3 is 15.9 Å². The van der Waals surface area contributed by atoms with Crippen LogP contribution in [-0.2, 0) is 0 Å². The maximum atomic E-state index is 11.7. The second-order valence-corrected chi connectivity index (χ2v) is 4.38. The Kier molecular flexibility index (Phi) is 2.96. The number of hydrogen-bond donors (Lipinski definition) is 2. The highest BCUT2D eigenvalue weighted by Gasteiger charge is 2.16. The molecule has 1 heterocycles. The average molecular weight is 267 g/mol. The molecule has 0 atom stereocenters. The van der Waals surface area contributed by atoms with Crippen molar-refractivity contribution in [1.29, 1.82) is 0 Å². The minimum Gasteiger partial charge on any atom is -0.436 e. The monoisotopic (exact) mass is 267 g/mol. The van der Waals surface area contributed by atoms with Gasteiger partial charge in [0, 0.05) is 5.56 Å². The molecule has 0 aliphatic rings. The molecule has 20 heavy (non-hydrogen) atoms. The molecule has 0 saturated carbocycles. The summed E-state index contributed by atoms with van der Waals surface area (Å²) >= 11 is 0. The van der Waals surface area contributed by atoms with Gasteiger partial charge in [-0.3, -0.25) is 4.79 Å². The number of para-hydroxylation sites is 3. The van der Waals surface area contributed by atoms with Gasteiger partial charge in [-0.1, -0.05) is 18.2 Å². The number of carbonyl (C=O) groups excluding carboxylic acids is 1. The first-order valence-corrected chi connectivity index (χ1v) is 6.18. The minimum absolute atomic E-state index is 0.0821. The van der Waals surface area contributed by atoms with Crippen LogP contribution in [-0.4, -0.2) is 17.3 Å². The highest BCUT2D eigenvalue weighted by molar-refractivity contribution is 6.04. The number of hydrogen-bond acceptors (Lipinski definition) is 5. The number of ketones is 1. The maximum Gasteiger partial charge on any atom is 0.229 e. The van der Waals surface area contributed by atoms with Crippen LogP contribution in [0.15, 0.2) is 46.9 Å². The van der Waals surface area contributed by atoms with Crippen LogP contribution in [0.5, 0.6) is 0 Å². The van der Waals surface area contributed by atoms with Gasteiger partial charge in [0.1, 0.15) is 5.52 Å². The molecule has 2 aromatic carbocycles. The van der Waals surface area contributed by atoms with Gasteiger partial charge in [-0.05, 0) is 24.3 Å². The Bertz CT molecular complexity index is 760. The van der Waals surface area contributed by atoms with Crippen LogP contribution < -0.4 is 11.5 Å². The first kappa shape index (κ1) is 12.4. The summed E-state index contributed by atoms with van der Waals surface area (Å²) < 4.78 is 5.67. The second kappa shape index (κ2) is 4.79. The summed E-state index contributed by atoms with van der Waals surface area (Å²) in [7, 11) is 0. The van der Waals surface area contributed by atoms with Crippen molar-refractivity contribution in [2.75, 3.05) is 12.3 Å². The summed E-state index contributed by atoms with van der Waals surface area (Å²) in [4.78, 5) is 16.1. The van der Waals surface area contributed by atoms with E-state index < -0.39 is 0 Å². The molecule has 5 nitrogen and oxygen atoms in total. The van der Waals surface area contributed by atoms with E-state index in [1.165, 1.54) is 0 Å². The van der Waals surface area contributed by atoms with E-state index >= 15 is 0 Å². The van der Waals surface area contributed by atoms with Gasteiger partial charge in [-0.2, -0.15) is 0 Å². The molecule has 3 aromatic rings. The lowest BCUT2D eigenvalue weighted by atomic mass is 10.0. The summed E-state index contributed by atoms with van der Waals surface area (Å²) in [5.41, 5.74) is 14.2. The largest absolute Gasteiger partial charge is 0.436 e. The van der Waals surface area contributed by atoms with E-state index in [1.54, 1.807) is 18.2 Å². The Balaban J connectivity index is 2.16. The Hall–Kier alpha value is -2.66. The molecule has 0 spiro atoms. The lowest BCUT2D eigenvalue weighted by Crippen LogP contribution is -2.15. The number of nitrogens with two attached hydrogens (primary N) is 2. The first-order valence-electron chi connectivity index (χ1n) is 6.18. The van der Waals surface area contributed by atoms with Gasteiger partial charge in [0.25, 0.3) is 0 Å². The number of rotatable bonds is 3. The molecule has 0 bridgehead atoms. The highest BCUT2D eigenvalue weighted by Crippen LogP contribution is 2.30. The van der Waals surface area contributed by atoms with E-state index in [9.17, 15) is 4.79 Å². The normalized spacial score (nSPS) is 10.8. The first-order chi connectivity index (χ1) is 9.70. The fourth-order valence-electron chi connectivity index (χ4n) is 2.09. The van der Waals surface area contributed by atoms with E-state index in [1.807, 2.05) is 24.3 Å². The molecule has 1 aromatic heterocycles. The number of oxazole rings is 1. The quantitative estimate of drug-likeness (QED) is 0.560. The zero-order valence-electron chi connectivity index (χ0n) is 10.7. The SMILES string of the molecule is NCC(=O)c1cccc(-c2nc3ccccc3o2)c1N. The Morgan fingerprint density at radius 1 is 1.15 bits per heavy atom. The van der Waals surface area contributed by atoms with Gasteiger partial charge in [0.2, 0.25) is 5.89 Å². The van der Waals surface area contributed by atoms with Crippen LogP contribution in [0.3, 0.4) is 0 Å². The molecule has 3 rings (SSSR count). The Labute approximate surface area is 115 Å². The number of nitrogen functional groups attached to an aromatic ring is 1. The van der Waals surface area contributed by atoms with Crippen molar-refractivity contribution in [1.82, 2.24) is 4.98 Å². The van der Waals surface area contributed by atoms with Crippen LogP contribution in [0.2, 0.25) is 0 Å². The van der Waals surface area contributed by atoms with Crippen molar-refractivity contribution in [2.45, 2.75) is 0 Å². The molecule has 100 valence electrons. The van der Waals surface area contributed by atoms with Crippen molar-refractivity contribution in [3.63, 3.8) is 0 Å². The van der Waals surface area contributed by atoms with Gasteiger partial charge in [-0.15, -0.1) is 0 Å². The number of carbonyl (C=O) groups is 1. The molecular weight excluding hydrogens is 254 g/mol. The van der Waals surface area contributed by atoms with Gasteiger partial charge in [-0.25, -0.2) is 4.98 Å². The van der Waals surface area contributed by atoms with Crippen LogP contribution >= 0.6 is 0 Å². The maximum absolute atomic E-state index is 11.7. The Morgan fingerprint density at radius 3 is 2.70 bits per heavy atom. The van der Waals surface area contributed by atoms with E-state index in [2.05, 4.69) is 4.98 Å². The molecule has 0 amide bonds. The zero-order chi connectivity index (χ0) is 14.1. The number of anilines is 1. The predicted octanol–water partition coefficient (Wildman–Crippen LogP) is 2.22. The van der Waals surface area contributed by atoms with Gasteiger partial charge in [0.15, 0.2) is 11.4 Å². The van der Waals surface area contributed by atoms with Crippen molar-refractivity contribution < 1.29 is 9.21 Å². The predicted molar refractivity (Wildman–Crippen MR) is 77.2 cm³/mol. The standard InChI is InChI=1S/C15H13N3O2/c16-8-12(19)9-4-3-5-10(14(9)17)15-18-11-6-1-2-7-13(11)20-15/h1-7H,8,16-17H2.